The summed E-state index contributed by atoms with van der Waals surface area (Å²) < 4.78 is 4.85. The van der Waals surface area contributed by atoms with Crippen LogP contribution in [0.2, 0.25) is 0 Å². The predicted molar refractivity (Wildman–Crippen MR) is 38.7 cm³/mol. The Bertz CT molecular complexity index is 394. The molecular weight excluding hydrogens is 144 g/mol. The fourth-order valence-corrected chi connectivity index (χ4v) is 0.949. The lowest BCUT2D eigenvalue weighted by Gasteiger charge is -1.89. The lowest BCUT2D eigenvalue weighted by Crippen LogP contribution is -1.91. The Morgan fingerprint density at radius 2 is 2.27 bits per heavy atom. The Labute approximate surface area is 62.2 Å². The molecule has 56 valence electrons. The molecule has 0 spiro atoms. The standard InChI is InChI=1S/C6H6N4O/c1-3-4-5(7)8-2-9-6(4)11-10-3/h2H,1H3,(H2,7,8,9). The Hall–Kier alpha value is -1.65. The van der Waals surface area contributed by atoms with Crippen LogP contribution in [0.15, 0.2) is 10.9 Å². The molecule has 2 heterocycles. The van der Waals surface area contributed by atoms with Crippen LogP contribution in [0.1, 0.15) is 5.69 Å². The number of rotatable bonds is 0. The van der Waals surface area contributed by atoms with E-state index in [4.69, 9.17) is 10.3 Å². The third-order valence-corrected chi connectivity index (χ3v) is 1.47. The number of nitrogen functional groups attached to an aromatic ring is 1. The smallest absolute Gasteiger partial charge is 0.263 e. The van der Waals surface area contributed by atoms with Crippen molar-refractivity contribution in [2.45, 2.75) is 6.92 Å². The summed E-state index contributed by atoms with van der Waals surface area (Å²) in [6.45, 7) is 1.80. The summed E-state index contributed by atoms with van der Waals surface area (Å²) in [6, 6.07) is 0. The summed E-state index contributed by atoms with van der Waals surface area (Å²) in [7, 11) is 0. The molecule has 0 bridgehead atoms. The lowest BCUT2D eigenvalue weighted by atomic mass is 10.3. The summed E-state index contributed by atoms with van der Waals surface area (Å²) in [6.07, 6.45) is 1.35. The highest BCUT2D eigenvalue weighted by Gasteiger charge is 2.07. The van der Waals surface area contributed by atoms with E-state index in [2.05, 4.69) is 15.1 Å². The average molecular weight is 150 g/mol. The second kappa shape index (κ2) is 1.91. The summed E-state index contributed by atoms with van der Waals surface area (Å²) in [4.78, 5) is 7.65. The van der Waals surface area contributed by atoms with E-state index in [-0.39, 0.29) is 0 Å². The van der Waals surface area contributed by atoms with Crippen molar-refractivity contribution in [1.82, 2.24) is 15.1 Å². The topological polar surface area (TPSA) is 77.8 Å². The van der Waals surface area contributed by atoms with E-state index in [1.54, 1.807) is 6.92 Å². The van der Waals surface area contributed by atoms with Gasteiger partial charge in [0.05, 0.1) is 5.69 Å². The highest BCUT2D eigenvalue weighted by atomic mass is 16.5. The summed E-state index contributed by atoms with van der Waals surface area (Å²) >= 11 is 0. The highest BCUT2D eigenvalue weighted by molar-refractivity contribution is 5.85. The van der Waals surface area contributed by atoms with E-state index in [1.165, 1.54) is 6.33 Å². The fraction of sp³-hybridized carbons (Fsp3) is 0.167. The van der Waals surface area contributed by atoms with E-state index >= 15 is 0 Å². The van der Waals surface area contributed by atoms with Crippen LogP contribution in [0.5, 0.6) is 0 Å². The third kappa shape index (κ3) is 0.739. The fourth-order valence-electron chi connectivity index (χ4n) is 0.949. The predicted octanol–water partition coefficient (Wildman–Crippen LogP) is 0.508. The maximum atomic E-state index is 5.55. The van der Waals surface area contributed by atoms with Crippen LogP contribution in [-0.2, 0) is 0 Å². The molecule has 0 amide bonds. The van der Waals surface area contributed by atoms with Gasteiger partial charge in [0.1, 0.15) is 17.5 Å². The van der Waals surface area contributed by atoms with Crippen molar-refractivity contribution in [3.63, 3.8) is 0 Å². The van der Waals surface area contributed by atoms with E-state index in [0.717, 1.165) is 5.69 Å². The zero-order valence-electron chi connectivity index (χ0n) is 5.90. The van der Waals surface area contributed by atoms with Crippen LogP contribution in [0.3, 0.4) is 0 Å². The number of fused-ring (bicyclic) bond motifs is 1. The summed E-state index contributed by atoms with van der Waals surface area (Å²) in [5.74, 6) is 0.411. The normalized spacial score (nSPS) is 10.6. The Morgan fingerprint density at radius 1 is 1.45 bits per heavy atom. The highest BCUT2D eigenvalue weighted by Crippen LogP contribution is 2.18. The lowest BCUT2D eigenvalue weighted by molar-refractivity contribution is 0.442. The number of anilines is 1. The molecule has 0 radical (unpaired) electrons. The van der Waals surface area contributed by atoms with Gasteiger partial charge in [0, 0.05) is 0 Å². The molecule has 0 unspecified atom stereocenters. The van der Waals surface area contributed by atoms with Crippen LogP contribution < -0.4 is 5.73 Å². The maximum Gasteiger partial charge on any atom is 0.263 e. The molecule has 5 nitrogen and oxygen atoms in total. The Morgan fingerprint density at radius 3 is 3.00 bits per heavy atom. The van der Waals surface area contributed by atoms with Gasteiger partial charge in [-0.3, -0.25) is 0 Å². The van der Waals surface area contributed by atoms with Crippen molar-refractivity contribution in [3.8, 4) is 0 Å². The van der Waals surface area contributed by atoms with Crippen LogP contribution in [0.25, 0.3) is 11.1 Å². The van der Waals surface area contributed by atoms with Gasteiger partial charge in [0.15, 0.2) is 0 Å². The average Bonchev–Trinajstić information content (AvgIpc) is 2.34. The van der Waals surface area contributed by atoms with Crippen LogP contribution in [-0.4, -0.2) is 15.1 Å². The summed E-state index contributed by atoms with van der Waals surface area (Å²) in [5.41, 5.74) is 6.71. The van der Waals surface area contributed by atoms with E-state index < -0.39 is 0 Å². The van der Waals surface area contributed by atoms with Crippen LogP contribution >= 0.6 is 0 Å². The minimum atomic E-state index is 0.411. The van der Waals surface area contributed by atoms with Gasteiger partial charge in [-0.15, -0.1) is 0 Å². The van der Waals surface area contributed by atoms with Crippen LogP contribution in [0, 0.1) is 6.92 Å². The number of hydrogen-bond donors (Lipinski definition) is 1. The van der Waals surface area contributed by atoms with Gasteiger partial charge in [-0.2, -0.15) is 4.98 Å². The van der Waals surface area contributed by atoms with Crippen molar-refractivity contribution in [3.05, 3.63) is 12.0 Å². The molecule has 2 rings (SSSR count). The zero-order valence-corrected chi connectivity index (χ0v) is 5.90. The van der Waals surface area contributed by atoms with E-state index in [1.807, 2.05) is 0 Å². The molecule has 0 atom stereocenters. The molecule has 2 aromatic heterocycles. The van der Waals surface area contributed by atoms with Gasteiger partial charge in [-0.05, 0) is 6.92 Å². The third-order valence-electron chi connectivity index (χ3n) is 1.47. The summed E-state index contributed by atoms with van der Waals surface area (Å²) in [5, 5.41) is 4.40. The molecule has 11 heavy (non-hydrogen) atoms. The molecule has 0 aliphatic rings. The number of nitrogens with zero attached hydrogens (tertiary/aromatic N) is 3. The second-order valence-corrected chi connectivity index (χ2v) is 2.21. The largest absolute Gasteiger partial charge is 0.383 e. The minimum absolute atomic E-state index is 0.411. The molecule has 0 aliphatic carbocycles. The Kier molecular flexibility index (Phi) is 1.06. The molecule has 0 saturated heterocycles. The SMILES string of the molecule is Cc1noc2ncnc(N)c12. The minimum Gasteiger partial charge on any atom is -0.383 e. The number of nitrogens with two attached hydrogens (primary N) is 1. The first-order valence-electron chi connectivity index (χ1n) is 3.11. The van der Waals surface area contributed by atoms with Gasteiger partial charge in [-0.25, -0.2) is 4.98 Å². The monoisotopic (exact) mass is 150 g/mol. The number of hydrogen-bond acceptors (Lipinski definition) is 5. The Balaban J connectivity index is 2.96. The number of aromatic nitrogens is 3. The van der Waals surface area contributed by atoms with Gasteiger partial charge in [0.25, 0.3) is 5.71 Å². The first kappa shape index (κ1) is 6.09. The quantitative estimate of drug-likeness (QED) is 0.591. The van der Waals surface area contributed by atoms with Gasteiger partial charge in [0.2, 0.25) is 0 Å². The molecule has 0 saturated carbocycles. The van der Waals surface area contributed by atoms with Crippen LogP contribution in [0.4, 0.5) is 5.82 Å². The second-order valence-electron chi connectivity index (χ2n) is 2.21. The first-order valence-corrected chi connectivity index (χ1v) is 3.11. The van der Waals surface area contributed by atoms with Gasteiger partial charge >= 0.3 is 0 Å². The van der Waals surface area contributed by atoms with Crippen molar-refractivity contribution < 1.29 is 4.52 Å². The zero-order chi connectivity index (χ0) is 7.84. The molecule has 2 N–H and O–H groups in total. The number of aryl methyl sites for hydroxylation is 1. The van der Waals surface area contributed by atoms with Crippen molar-refractivity contribution in [2.24, 2.45) is 0 Å². The maximum absolute atomic E-state index is 5.55. The van der Waals surface area contributed by atoms with E-state index in [9.17, 15) is 0 Å². The first-order chi connectivity index (χ1) is 5.29. The molecular formula is C6H6N4O. The molecule has 2 aromatic rings. The molecule has 0 aromatic carbocycles. The van der Waals surface area contributed by atoms with Crippen molar-refractivity contribution in [1.29, 1.82) is 0 Å². The molecule has 5 heteroatoms. The van der Waals surface area contributed by atoms with E-state index in [0.29, 0.717) is 16.9 Å². The van der Waals surface area contributed by atoms with Gasteiger partial charge < -0.3 is 10.3 Å². The van der Waals surface area contributed by atoms with Crippen molar-refractivity contribution in [2.75, 3.05) is 5.73 Å². The molecule has 0 aliphatic heterocycles. The molecule has 0 fully saturated rings. The van der Waals surface area contributed by atoms with Crippen molar-refractivity contribution >= 4 is 16.9 Å². The van der Waals surface area contributed by atoms with Gasteiger partial charge in [-0.1, -0.05) is 5.16 Å².